The van der Waals surface area contributed by atoms with E-state index in [9.17, 15) is 5.26 Å². The molecule has 1 saturated heterocycles. The second kappa shape index (κ2) is 6.89. The van der Waals surface area contributed by atoms with Crippen molar-refractivity contribution in [3.05, 3.63) is 0 Å². The molecule has 0 spiro atoms. The van der Waals surface area contributed by atoms with Gasteiger partial charge in [0.1, 0.15) is 5.54 Å². The molecule has 20 heavy (non-hydrogen) atoms. The van der Waals surface area contributed by atoms with Gasteiger partial charge in [-0.3, -0.25) is 5.32 Å². The molecule has 2 fully saturated rings. The Labute approximate surface area is 124 Å². The largest absolute Gasteiger partial charge is 0.303 e. The fraction of sp³-hybridized carbons (Fsp3) is 0.938. The van der Waals surface area contributed by atoms with E-state index in [4.69, 9.17) is 0 Å². The van der Waals surface area contributed by atoms with Crippen molar-refractivity contribution in [2.75, 3.05) is 33.2 Å². The van der Waals surface area contributed by atoms with Gasteiger partial charge in [0.05, 0.1) is 6.07 Å². The Morgan fingerprint density at radius 2 is 1.95 bits per heavy atom. The number of hydrogen-bond donors (Lipinski definition) is 1. The predicted octanol–water partition coefficient (Wildman–Crippen LogP) is 1.83. The van der Waals surface area contributed by atoms with E-state index in [1.165, 1.54) is 45.3 Å². The Hall–Kier alpha value is -0.630. The Balaban J connectivity index is 1.73. The zero-order valence-corrected chi connectivity index (χ0v) is 13.4. The van der Waals surface area contributed by atoms with Crippen LogP contribution < -0.4 is 5.32 Å². The van der Waals surface area contributed by atoms with Crippen molar-refractivity contribution in [2.45, 2.75) is 63.6 Å². The van der Waals surface area contributed by atoms with Crippen molar-refractivity contribution in [3.8, 4) is 6.07 Å². The van der Waals surface area contributed by atoms with E-state index in [-0.39, 0.29) is 5.54 Å². The highest BCUT2D eigenvalue weighted by atomic mass is 15.2. The Morgan fingerprint density at radius 3 is 2.45 bits per heavy atom. The first-order valence-electron chi connectivity index (χ1n) is 8.18. The minimum Gasteiger partial charge on any atom is -0.303 e. The minimum atomic E-state index is -0.348. The third-order valence-electron chi connectivity index (χ3n) is 4.94. The number of nitrogens with zero attached hydrogens (tertiary/aromatic N) is 3. The fourth-order valence-electron chi connectivity index (χ4n) is 3.10. The summed E-state index contributed by atoms with van der Waals surface area (Å²) in [7, 11) is 2.22. The van der Waals surface area contributed by atoms with Crippen LogP contribution in [0.15, 0.2) is 0 Å². The first kappa shape index (κ1) is 15.8. The van der Waals surface area contributed by atoms with E-state index in [1.54, 1.807) is 0 Å². The summed E-state index contributed by atoms with van der Waals surface area (Å²) in [6.07, 6.45) is 5.93. The van der Waals surface area contributed by atoms with Gasteiger partial charge in [0.15, 0.2) is 0 Å². The topological polar surface area (TPSA) is 42.3 Å². The highest BCUT2D eigenvalue weighted by Gasteiger charge is 2.33. The number of piperidine rings is 1. The molecule has 0 aromatic carbocycles. The van der Waals surface area contributed by atoms with Crippen molar-refractivity contribution in [1.29, 1.82) is 5.26 Å². The monoisotopic (exact) mass is 278 g/mol. The van der Waals surface area contributed by atoms with E-state index < -0.39 is 0 Å². The molecule has 2 rings (SSSR count). The molecule has 1 N–H and O–H groups in total. The number of rotatable bonds is 7. The van der Waals surface area contributed by atoms with E-state index in [0.717, 1.165) is 13.0 Å². The SMILES string of the molecule is CCN1CCC(N(C)CCC(C)(C#N)NC2CC2)CC1. The highest BCUT2D eigenvalue weighted by molar-refractivity contribution is 5.07. The van der Waals surface area contributed by atoms with E-state index in [1.807, 2.05) is 0 Å². The van der Waals surface area contributed by atoms with E-state index in [0.29, 0.717) is 12.1 Å². The van der Waals surface area contributed by atoms with Crippen LogP contribution in [0.25, 0.3) is 0 Å². The van der Waals surface area contributed by atoms with Gasteiger partial charge in [-0.25, -0.2) is 0 Å². The van der Waals surface area contributed by atoms with Crippen LogP contribution in [0.2, 0.25) is 0 Å². The molecule has 0 bridgehead atoms. The number of nitriles is 1. The lowest BCUT2D eigenvalue weighted by atomic mass is 9.97. The average molecular weight is 278 g/mol. The van der Waals surface area contributed by atoms with E-state index in [2.05, 4.69) is 42.1 Å². The quantitative estimate of drug-likeness (QED) is 0.771. The third-order valence-corrected chi connectivity index (χ3v) is 4.94. The first-order chi connectivity index (χ1) is 9.56. The van der Waals surface area contributed by atoms with Gasteiger partial charge in [0, 0.05) is 18.6 Å². The molecule has 0 radical (unpaired) electrons. The molecule has 1 aliphatic heterocycles. The van der Waals surface area contributed by atoms with Crippen molar-refractivity contribution in [2.24, 2.45) is 0 Å². The summed E-state index contributed by atoms with van der Waals surface area (Å²) >= 11 is 0. The number of hydrogen-bond acceptors (Lipinski definition) is 4. The maximum Gasteiger partial charge on any atom is 0.105 e. The molecule has 1 unspecified atom stereocenters. The summed E-state index contributed by atoms with van der Waals surface area (Å²) in [5, 5.41) is 12.9. The van der Waals surface area contributed by atoms with Crippen LogP contribution in [-0.2, 0) is 0 Å². The van der Waals surface area contributed by atoms with Gasteiger partial charge in [-0.15, -0.1) is 0 Å². The summed E-state index contributed by atoms with van der Waals surface area (Å²) in [6.45, 7) is 8.93. The van der Waals surface area contributed by atoms with Gasteiger partial charge >= 0.3 is 0 Å². The lowest BCUT2D eigenvalue weighted by molar-refractivity contribution is 0.125. The maximum atomic E-state index is 9.41. The number of nitrogens with one attached hydrogen (secondary N) is 1. The van der Waals surface area contributed by atoms with Crippen LogP contribution in [0.4, 0.5) is 0 Å². The standard InChI is InChI=1S/C16H30N4/c1-4-20-10-7-15(8-11-20)19(3)12-9-16(2,13-17)18-14-5-6-14/h14-15,18H,4-12H2,1-3H3. The van der Waals surface area contributed by atoms with Gasteiger partial charge in [0.25, 0.3) is 0 Å². The van der Waals surface area contributed by atoms with Crippen molar-refractivity contribution in [1.82, 2.24) is 15.1 Å². The van der Waals surface area contributed by atoms with Gasteiger partial charge in [-0.05, 0) is 65.7 Å². The minimum absolute atomic E-state index is 0.348. The summed E-state index contributed by atoms with van der Waals surface area (Å²) in [6, 6.07) is 3.77. The molecule has 1 saturated carbocycles. The Kier molecular flexibility index (Phi) is 5.42. The second-order valence-corrected chi connectivity index (χ2v) is 6.76. The highest BCUT2D eigenvalue weighted by Crippen LogP contribution is 2.24. The molecular weight excluding hydrogens is 248 g/mol. The molecule has 4 heteroatoms. The summed E-state index contributed by atoms with van der Waals surface area (Å²) < 4.78 is 0. The van der Waals surface area contributed by atoms with Gasteiger partial charge in [0.2, 0.25) is 0 Å². The van der Waals surface area contributed by atoms with Crippen molar-refractivity contribution >= 4 is 0 Å². The van der Waals surface area contributed by atoms with Crippen molar-refractivity contribution in [3.63, 3.8) is 0 Å². The summed E-state index contributed by atoms with van der Waals surface area (Å²) in [5.41, 5.74) is -0.348. The van der Waals surface area contributed by atoms with Crippen molar-refractivity contribution < 1.29 is 0 Å². The van der Waals surface area contributed by atoms with Crippen LogP contribution >= 0.6 is 0 Å². The molecule has 1 heterocycles. The lowest BCUT2D eigenvalue weighted by Gasteiger charge is -2.37. The molecule has 4 nitrogen and oxygen atoms in total. The molecule has 0 aromatic heterocycles. The summed E-state index contributed by atoms with van der Waals surface area (Å²) in [4.78, 5) is 5.00. The van der Waals surface area contributed by atoms with E-state index >= 15 is 0 Å². The van der Waals surface area contributed by atoms with Gasteiger partial charge in [-0.1, -0.05) is 6.92 Å². The Morgan fingerprint density at radius 1 is 1.30 bits per heavy atom. The molecule has 0 amide bonds. The predicted molar refractivity (Wildman–Crippen MR) is 82.6 cm³/mol. The van der Waals surface area contributed by atoms with Crippen LogP contribution in [0.3, 0.4) is 0 Å². The molecule has 0 aromatic rings. The maximum absolute atomic E-state index is 9.41. The van der Waals surface area contributed by atoms with Crippen LogP contribution in [0, 0.1) is 11.3 Å². The van der Waals surface area contributed by atoms with Gasteiger partial charge < -0.3 is 9.80 Å². The molecule has 2 aliphatic rings. The zero-order valence-electron chi connectivity index (χ0n) is 13.4. The lowest BCUT2D eigenvalue weighted by Crippen LogP contribution is -2.48. The summed E-state index contributed by atoms with van der Waals surface area (Å²) in [5.74, 6) is 0. The van der Waals surface area contributed by atoms with Gasteiger partial charge in [-0.2, -0.15) is 5.26 Å². The first-order valence-corrected chi connectivity index (χ1v) is 8.18. The fourth-order valence-corrected chi connectivity index (χ4v) is 3.10. The van der Waals surface area contributed by atoms with Crippen LogP contribution in [0.5, 0.6) is 0 Å². The molecular formula is C16H30N4. The Bertz CT molecular complexity index is 339. The molecule has 114 valence electrons. The van der Waals surface area contributed by atoms with Crippen LogP contribution in [0.1, 0.15) is 46.0 Å². The smallest absolute Gasteiger partial charge is 0.105 e. The number of likely N-dealkylation sites (tertiary alicyclic amines) is 1. The second-order valence-electron chi connectivity index (χ2n) is 6.76. The average Bonchev–Trinajstić information content (AvgIpc) is 3.28. The van der Waals surface area contributed by atoms with Crippen LogP contribution in [-0.4, -0.2) is 60.6 Å². The molecule has 1 atom stereocenters. The normalized spacial score (nSPS) is 24.6. The molecule has 1 aliphatic carbocycles. The zero-order chi connectivity index (χ0) is 14.6. The third kappa shape index (κ3) is 4.44.